The molecule has 6 nitrogen and oxygen atoms in total. The molecule has 0 bridgehead atoms. The highest BCUT2D eigenvalue weighted by Gasteiger charge is 2.47. The van der Waals surface area contributed by atoms with Crippen molar-refractivity contribution in [2.24, 2.45) is 0 Å². The molecule has 2 saturated heterocycles. The van der Waals surface area contributed by atoms with Crippen LogP contribution in [-0.4, -0.2) is 44.4 Å². The third kappa shape index (κ3) is 2.62. The lowest BCUT2D eigenvalue weighted by Crippen LogP contribution is -2.37. The smallest absolute Gasteiger partial charge is 0.225 e. The number of amides is 1. The van der Waals surface area contributed by atoms with Crippen LogP contribution in [0.3, 0.4) is 0 Å². The molecule has 0 spiro atoms. The standard InChI is InChI=1S/C18H21N5O/c1-12-9-19-18(20-10-12)22-7-6-15-16(22)8-17(24)23(15)11-14-5-3-4-13(2)21-14/h3-5,9-10,15-16H,6-8,11H2,1-2H3/t15-,16+/m0/s1. The zero-order valence-corrected chi connectivity index (χ0v) is 14.0. The largest absolute Gasteiger partial charge is 0.335 e. The van der Waals surface area contributed by atoms with E-state index in [9.17, 15) is 4.79 Å². The summed E-state index contributed by atoms with van der Waals surface area (Å²) in [6.45, 7) is 5.43. The highest BCUT2D eigenvalue weighted by Crippen LogP contribution is 2.35. The molecule has 1 amide bonds. The van der Waals surface area contributed by atoms with Gasteiger partial charge < -0.3 is 9.80 Å². The van der Waals surface area contributed by atoms with Crippen molar-refractivity contribution in [2.45, 2.75) is 45.3 Å². The van der Waals surface area contributed by atoms with E-state index in [0.717, 1.165) is 35.9 Å². The molecule has 2 aliphatic heterocycles. The summed E-state index contributed by atoms with van der Waals surface area (Å²) < 4.78 is 0. The van der Waals surface area contributed by atoms with Crippen molar-refractivity contribution >= 4 is 11.9 Å². The maximum atomic E-state index is 12.5. The van der Waals surface area contributed by atoms with Crippen molar-refractivity contribution in [1.82, 2.24) is 19.9 Å². The topological polar surface area (TPSA) is 62.2 Å². The number of anilines is 1. The van der Waals surface area contributed by atoms with Crippen molar-refractivity contribution in [3.05, 3.63) is 47.5 Å². The number of carbonyl (C=O) groups excluding carboxylic acids is 1. The minimum absolute atomic E-state index is 0.171. The minimum atomic E-state index is 0.171. The van der Waals surface area contributed by atoms with Gasteiger partial charge in [0.05, 0.1) is 24.3 Å². The van der Waals surface area contributed by atoms with Gasteiger partial charge in [0.15, 0.2) is 0 Å². The number of aromatic nitrogens is 3. The average molecular weight is 323 g/mol. The predicted molar refractivity (Wildman–Crippen MR) is 90.4 cm³/mol. The molecule has 2 aromatic heterocycles. The molecule has 2 aromatic rings. The van der Waals surface area contributed by atoms with Crippen molar-refractivity contribution in [3.8, 4) is 0 Å². The third-order valence-electron chi connectivity index (χ3n) is 4.92. The van der Waals surface area contributed by atoms with Gasteiger partial charge in [0.2, 0.25) is 11.9 Å². The summed E-state index contributed by atoms with van der Waals surface area (Å²) in [4.78, 5) is 30.1. The number of aryl methyl sites for hydroxylation is 2. The van der Waals surface area contributed by atoms with Crippen LogP contribution in [0.5, 0.6) is 0 Å². The first-order chi connectivity index (χ1) is 11.6. The van der Waals surface area contributed by atoms with Gasteiger partial charge in [-0.25, -0.2) is 9.97 Å². The lowest BCUT2D eigenvalue weighted by Gasteiger charge is -2.25. The van der Waals surface area contributed by atoms with Crippen LogP contribution in [0.1, 0.15) is 29.8 Å². The molecular formula is C18H21N5O. The van der Waals surface area contributed by atoms with E-state index in [1.165, 1.54) is 0 Å². The average Bonchev–Trinajstić information content (AvgIpc) is 3.09. The molecule has 2 fully saturated rings. The van der Waals surface area contributed by atoms with Gasteiger partial charge in [-0.3, -0.25) is 9.78 Å². The monoisotopic (exact) mass is 323 g/mol. The summed E-state index contributed by atoms with van der Waals surface area (Å²) in [6, 6.07) is 6.36. The summed E-state index contributed by atoms with van der Waals surface area (Å²) in [5.74, 6) is 0.932. The maximum absolute atomic E-state index is 12.5. The molecule has 2 atom stereocenters. The molecular weight excluding hydrogens is 302 g/mol. The Kier molecular flexibility index (Phi) is 3.67. The van der Waals surface area contributed by atoms with Crippen LogP contribution in [-0.2, 0) is 11.3 Å². The van der Waals surface area contributed by atoms with Gasteiger partial charge >= 0.3 is 0 Å². The zero-order valence-electron chi connectivity index (χ0n) is 14.0. The Morgan fingerprint density at radius 3 is 2.71 bits per heavy atom. The molecule has 0 saturated carbocycles. The molecule has 6 heteroatoms. The third-order valence-corrected chi connectivity index (χ3v) is 4.92. The number of hydrogen-bond acceptors (Lipinski definition) is 5. The number of hydrogen-bond donors (Lipinski definition) is 0. The lowest BCUT2D eigenvalue weighted by molar-refractivity contribution is -0.129. The minimum Gasteiger partial charge on any atom is -0.335 e. The van der Waals surface area contributed by atoms with Gasteiger partial charge in [-0.05, 0) is 38.0 Å². The second-order valence-electron chi connectivity index (χ2n) is 6.67. The molecule has 124 valence electrons. The van der Waals surface area contributed by atoms with E-state index in [-0.39, 0.29) is 18.0 Å². The van der Waals surface area contributed by atoms with Gasteiger partial charge in [0, 0.05) is 31.1 Å². The molecule has 0 radical (unpaired) electrons. The first-order valence-electron chi connectivity index (χ1n) is 8.39. The molecule has 4 heterocycles. The summed E-state index contributed by atoms with van der Waals surface area (Å²) in [7, 11) is 0. The van der Waals surface area contributed by atoms with E-state index < -0.39 is 0 Å². The van der Waals surface area contributed by atoms with Crippen LogP contribution in [0.25, 0.3) is 0 Å². The van der Waals surface area contributed by atoms with E-state index in [1.54, 1.807) is 0 Å². The first-order valence-corrected chi connectivity index (χ1v) is 8.39. The number of likely N-dealkylation sites (tertiary alicyclic amines) is 1. The van der Waals surface area contributed by atoms with E-state index in [0.29, 0.717) is 13.0 Å². The van der Waals surface area contributed by atoms with E-state index in [2.05, 4.69) is 19.9 Å². The van der Waals surface area contributed by atoms with Gasteiger partial charge in [-0.1, -0.05) is 6.07 Å². The van der Waals surface area contributed by atoms with Crippen LogP contribution in [0.2, 0.25) is 0 Å². The number of nitrogens with zero attached hydrogens (tertiary/aromatic N) is 5. The van der Waals surface area contributed by atoms with Crippen molar-refractivity contribution in [3.63, 3.8) is 0 Å². The molecule has 24 heavy (non-hydrogen) atoms. The van der Waals surface area contributed by atoms with Crippen LogP contribution in [0.4, 0.5) is 5.95 Å². The van der Waals surface area contributed by atoms with Crippen LogP contribution in [0, 0.1) is 13.8 Å². The highest BCUT2D eigenvalue weighted by molar-refractivity contribution is 5.81. The zero-order chi connectivity index (χ0) is 16.7. The number of rotatable bonds is 3. The van der Waals surface area contributed by atoms with Gasteiger partial charge in [0.1, 0.15) is 0 Å². The van der Waals surface area contributed by atoms with Crippen LogP contribution in [0.15, 0.2) is 30.6 Å². The summed E-state index contributed by atoms with van der Waals surface area (Å²) in [6.07, 6.45) is 5.16. The van der Waals surface area contributed by atoms with Gasteiger partial charge in [-0.15, -0.1) is 0 Å². The van der Waals surface area contributed by atoms with Crippen molar-refractivity contribution in [1.29, 1.82) is 0 Å². The second-order valence-corrected chi connectivity index (χ2v) is 6.67. The number of fused-ring (bicyclic) bond motifs is 1. The Balaban J connectivity index is 1.54. The van der Waals surface area contributed by atoms with Gasteiger partial charge in [0.25, 0.3) is 0 Å². The SMILES string of the molecule is Cc1cnc(N2CC[C@H]3[C@H]2CC(=O)N3Cc2cccc(C)n2)nc1. The molecule has 4 rings (SSSR count). The molecule has 2 aliphatic rings. The van der Waals surface area contributed by atoms with Crippen molar-refractivity contribution < 1.29 is 4.79 Å². The normalized spacial score (nSPS) is 23.0. The van der Waals surface area contributed by atoms with E-state index >= 15 is 0 Å². The van der Waals surface area contributed by atoms with Gasteiger partial charge in [-0.2, -0.15) is 0 Å². The number of carbonyl (C=O) groups is 1. The molecule has 0 unspecified atom stereocenters. The fourth-order valence-corrected chi connectivity index (χ4v) is 3.78. The Hall–Kier alpha value is -2.50. The fraction of sp³-hybridized carbons (Fsp3) is 0.444. The Bertz CT molecular complexity index is 760. The maximum Gasteiger partial charge on any atom is 0.225 e. The lowest BCUT2D eigenvalue weighted by atomic mass is 10.1. The van der Waals surface area contributed by atoms with Crippen LogP contribution < -0.4 is 4.90 Å². The van der Waals surface area contributed by atoms with E-state index in [4.69, 9.17) is 0 Å². The van der Waals surface area contributed by atoms with E-state index in [1.807, 2.05) is 49.3 Å². The highest BCUT2D eigenvalue weighted by atomic mass is 16.2. The van der Waals surface area contributed by atoms with Crippen molar-refractivity contribution in [2.75, 3.05) is 11.4 Å². The number of pyridine rings is 1. The summed E-state index contributed by atoms with van der Waals surface area (Å²) in [5, 5.41) is 0. The molecule has 0 aromatic carbocycles. The quantitative estimate of drug-likeness (QED) is 0.863. The summed E-state index contributed by atoms with van der Waals surface area (Å²) >= 11 is 0. The first kappa shape index (κ1) is 15.1. The molecule has 0 aliphatic carbocycles. The second kappa shape index (κ2) is 5.85. The Morgan fingerprint density at radius 2 is 1.96 bits per heavy atom. The summed E-state index contributed by atoms with van der Waals surface area (Å²) in [5.41, 5.74) is 2.98. The predicted octanol–water partition coefficient (Wildman–Crippen LogP) is 1.87. The molecule has 0 N–H and O–H groups in total. The Labute approximate surface area is 141 Å². The van der Waals surface area contributed by atoms with Crippen LogP contribution >= 0.6 is 0 Å². The fourth-order valence-electron chi connectivity index (χ4n) is 3.78. The Morgan fingerprint density at radius 1 is 1.17 bits per heavy atom.